The van der Waals surface area contributed by atoms with Crippen LogP contribution in [-0.4, -0.2) is 18.2 Å². The number of aromatic hydroxyl groups is 1. The minimum atomic E-state index is -0.452. The van der Waals surface area contributed by atoms with Gasteiger partial charge in [-0.2, -0.15) is 0 Å². The molecule has 0 aliphatic heterocycles. The van der Waals surface area contributed by atoms with E-state index in [0.29, 0.717) is 17.0 Å². The fraction of sp³-hybridized carbons (Fsp3) is 0.133. The molecule has 0 saturated carbocycles. The molecule has 0 amide bonds. The molecule has 0 bridgehead atoms. The highest BCUT2D eigenvalue weighted by molar-refractivity contribution is 5.90. The summed E-state index contributed by atoms with van der Waals surface area (Å²) in [6, 6.07) is 11.4. The number of hydrogen-bond acceptors (Lipinski definition) is 5. The summed E-state index contributed by atoms with van der Waals surface area (Å²) in [5.41, 5.74) is 7.39. The number of carbonyl (C=O) groups is 1. The lowest BCUT2D eigenvalue weighted by molar-refractivity contribution is 0.0600. The van der Waals surface area contributed by atoms with Crippen LogP contribution in [0.5, 0.6) is 11.5 Å². The Bertz CT molecular complexity index is 625. The highest BCUT2D eigenvalue weighted by atomic mass is 16.5. The standard InChI is InChI=1S/C15H15NO4/c1-19-15(18)11-5-6-13(16)14(8-11)20-9-10-3-2-4-12(17)7-10/h2-8,17H,9,16H2,1H3. The van der Waals surface area contributed by atoms with Crippen molar-refractivity contribution in [3.05, 3.63) is 53.6 Å². The zero-order valence-corrected chi connectivity index (χ0v) is 11.0. The number of esters is 1. The third kappa shape index (κ3) is 3.20. The van der Waals surface area contributed by atoms with Crippen LogP contribution in [0.25, 0.3) is 0 Å². The fourth-order valence-electron chi connectivity index (χ4n) is 1.71. The smallest absolute Gasteiger partial charge is 0.337 e. The number of phenolic OH excluding ortho intramolecular Hbond substituents is 1. The largest absolute Gasteiger partial charge is 0.508 e. The van der Waals surface area contributed by atoms with E-state index in [4.69, 9.17) is 10.5 Å². The summed E-state index contributed by atoms with van der Waals surface area (Å²) in [6.45, 7) is 0.239. The molecule has 0 aliphatic rings. The van der Waals surface area contributed by atoms with Gasteiger partial charge >= 0.3 is 5.97 Å². The van der Waals surface area contributed by atoms with Crippen molar-refractivity contribution in [3.8, 4) is 11.5 Å². The molecule has 0 radical (unpaired) electrons. The van der Waals surface area contributed by atoms with Crippen LogP contribution in [0, 0.1) is 0 Å². The normalized spacial score (nSPS) is 10.1. The minimum absolute atomic E-state index is 0.169. The molecule has 0 spiro atoms. The molecule has 2 rings (SSSR count). The highest BCUT2D eigenvalue weighted by Crippen LogP contribution is 2.24. The highest BCUT2D eigenvalue weighted by Gasteiger charge is 2.09. The Morgan fingerprint density at radius 2 is 2.05 bits per heavy atom. The Kier molecular flexibility index (Phi) is 4.10. The van der Waals surface area contributed by atoms with Crippen molar-refractivity contribution < 1.29 is 19.4 Å². The predicted molar refractivity (Wildman–Crippen MR) is 74.6 cm³/mol. The molecule has 5 heteroatoms. The first kappa shape index (κ1) is 13.7. The van der Waals surface area contributed by atoms with E-state index in [9.17, 15) is 9.90 Å². The van der Waals surface area contributed by atoms with E-state index < -0.39 is 5.97 Å². The Morgan fingerprint density at radius 3 is 2.75 bits per heavy atom. The van der Waals surface area contributed by atoms with Crippen LogP contribution in [0.1, 0.15) is 15.9 Å². The Morgan fingerprint density at radius 1 is 1.25 bits per heavy atom. The molecule has 0 aromatic heterocycles. The summed E-state index contributed by atoms with van der Waals surface area (Å²) in [5, 5.41) is 9.37. The molecule has 0 heterocycles. The van der Waals surface area contributed by atoms with E-state index in [1.165, 1.54) is 13.2 Å². The van der Waals surface area contributed by atoms with Gasteiger partial charge in [-0.1, -0.05) is 12.1 Å². The number of rotatable bonds is 4. The molecule has 104 valence electrons. The maximum Gasteiger partial charge on any atom is 0.337 e. The second kappa shape index (κ2) is 5.97. The van der Waals surface area contributed by atoms with Crippen molar-refractivity contribution in [2.75, 3.05) is 12.8 Å². The van der Waals surface area contributed by atoms with Gasteiger partial charge in [-0.05, 0) is 35.9 Å². The van der Waals surface area contributed by atoms with Gasteiger partial charge in [0.05, 0.1) is 18.4 Å². The zero-order valence-electron chi connectivity index (χ0n) is 11.0. The predicted octanol–water partition coefficient (Wildman–Crippen LogP) is 2.34. The summed E-state index contributed by atoms with van der Waals surface area (Å²) in [4.78, 5) is 11.4. The Balaban J connectivity index is 2.14. The van der Waals surface area contributed by atoms with Gasteiger partial charge in [-0.25, -0.2) is 4.79 Å². The summed E-state index contributed by atoms with van der Waals surface area (Å²) >= 11 is 0. The maximum atomic E-state index is 11.4. The SMILES string of the molecule is COC(=O)c1ccc(N)c(OCc2cccc(O)c2)c1. The lowest BCUT2D eigenvalue weighted by Gasteiger charge is -2.10. The molecule has 2 aromatic carbocycles. The van der Waals surface area contributed by atoms with E-state index in [0.717, 1.165) is 5.56 Å². The Hall–Kier alpha value is -2.69. The molecule has 0 unspecified atom stereocenters. The maximum absolute atomic E-state index is 11.4. The zero-order chi connectivity index (χ0) is 14.5. The average Bonchev–Trinajstić information content (AvgIpc) is 2.45. The quantitative estimate of drug-likeness (QED) is 0.660. The van der Waals surface area contributed by atoms with Gasteiger partial charge in [0.1, 0.15) is 18.1 Å². The topological polar surface area (TPSA) is 81.8 Å². The number of nitrogens with two attached hydrogens (primary N) is 1. The fourth-order valence-corrected chi connectivity index (χ4v) is 1.71. The molecule has 0 atom stereocenters. The van der Waals surface area contributed by atoms with Gasteiger partial charge < -0.3 is 20.3 Å². The van der Waals surface area contributed by atoms with Crippen LogP contribution >= 0.6 is 0 Å². The number of anilines is 1. The molecule has 20 heavy (non-hydrogen) atoms. The van der Waals surface area contributed by atoms with Crippen molar-refractivity contribution in [1.29, 1.82) is 0 Å². The first-order valence-corrected chi connectivity index (χ1v) is 5.98. The first-order valence-electron chi connectivity index (χ1n) is 5.98. The van der Waals surface area contributed by atoms with E-state index in [1.54, 1.807) is 30.3 Å². The summed E-state index contributed by atoms with van der Waals surface area (Å²) in [7, 11) is 1.31. The van der Waals surface area contributed by atoms with Gasteiger partial charge in [0.25, 0.3) is 0 Å². The Labute approximate surface area is 116 Å². The lowest BCUT2D eigenvalue weighted by atomic mass is 10.2. The molecule has 0 aliphatic carbocycles. The number of methoxy groups -OCH3 is 1. The number of carbonyl (C=O) groups excluding carboxylic acids is 1. The van der Waals surface area contributed by atoms with Crippen molar-refractivity contribution in [3.63, 3.8) is 0 Å². The average molecular weight is 273 g/mol. The van der Waals surface area contributed by atoms with Crippen LogP contribution in [0.3, 0.4) is 0 Å². The minimum Gasteiger partial charge on any atom is -0.508 e. The van der Waals surface area contributed by atoms with Gasteiger partial charge in [-0.3, -0.25) is 0 Å². The first-order chi connectivity index (χ1) is 9.60. The second-order valence-electron chi connectivity index (χ2n) is 4.20. The van der Waals surface area contributed by atoms with Crippen LogP contribution < -0.4 is 10.5 Å². The number of nitrogen functional groups attached to an aromatic ring is 1. The molecule has 3 N–H and O–H groups in total. The van der Waals surface area contributed by atoms with Gasteiger partial charge in [0.15, 0.2) is 0 Å². The number of benzene rings is 2. The van der Waals surface area contributed by atoms with Gasteiger partial charge in [-0.15, -0.1) is 0 Å². The summed E-state index contributed by atoms with van der Waals surface area (Å²) in [5.74, 6) is 0.117. The van der Waals surface area contributed by atoms with E-state index in [1.807, 2.05) is 6.07 Å². The number of ether oxygens (including phenoxy) is 2. The molecular weight excluding hydrogens is 258 g/mol. The number of phenols is 1. The van der Waals surface area contributed by atoms with Crippen molar-refractivity contribution >= 4 is 11.7 Å². The van der Waals surface area contributed by atoms with Gasteiger partial charge in [0.2, 0.25) is 0 Å². The van der Waals surface area contributed by atoms with Crippen LogP contribution in [-0.2, 0) is 11.3 Å². The molecule has 0 fully saturated rings. The van der Waals surface area contributed by atoms with E-state index in [-0.39, 0.29) is 12.4 Å². The van der Waals surface area contributed by atoms with Crippen molar-refractivity contribution in [2.45, 2.75) is 6.61 Å². The molecule has 5 nitrogen and oxygen atoms in total. The van der Waals surface area contributed by atoms with E-state index >= 15 is 0 Å². The third-order valence-electron chi connectivity index (χ3n) is 2.74. The molecule has 2 aromatic rings. The second-order valence-corrected chi connectivity index (χ2v) is 4.20. The van der Waals surface area contributed by atoms with E-state index in [2.05, 4.69) is 4.74 Å². The van der Waals surface area contributed by atoms with Crippen LogP contribution in [0.4, 0.5) is 5.69 Å². The third-order valence-corrected chi connectivity index (χ3v) is 2.74. The molecule has 0 saturated heterocycles. The van der Waals surface area contributed by atoms with Crippen molar-refractivity contribution in [2.24, 2.45) is 0 Å². The van der Waals surface area contributed by atoms with Crippen LogP contribution in [0.2, 0.25) is 0 Å². The van der Waals surface area contributed by atoms with Gasteiger partial charge in [0, 0.05) is 0 Å². The molecular formula is C15H15NO4. The monoisotopic (exact) mass is 273 g/mol. The lowest BCUT2D eigenvalue weighted by Crippen LogP contribution is -2.04. The van der Waals surface area contributed by atoms with Crippen molar-refractivity contribution in [1.82, 2.24) is 0 Å². The summed E-state index contributed by atoms with van der Waals surface area (Å²) in [6.07, 6.45) is 0. The summed E-state index contributed by atoms with van der Waals surface area (Å²) < 4.78 is 10.2. The van der Waals surface area contributed by atoms with Crippen LogP contribution in [0.15, 0.2) is 42.5 Å². The number of hydrogen-bond donors (Lipinski definition) is 2.